The molecule has 0 saturated carbocycles. The van der Waals surface area contributed by atoms with E-state index in [1.165, 1.54) is 5.56 Å². The fourth-order valence-corrected chi connectivity index (χ4v) is 1.54. The monoisotopic (exact) mass is 210 g/mol. The number of hydrogen-bond donors (Lipinski definition) is 1. The molecule has 1 N–H and O–H groups in total. The molecule has 1 aromatic rings. The lowest BCUT2D eigenvalue weighted by atomic mass is 10.2. The van der Waals surface area contributed by atoms with Gasteiger partial charge in [0.15, 0.2) is 0 Å². The lowest BCUT2D eigenvalue weighted by Crippen LogP contribution is -2.36. The molecule has 1 aromatic heterocycles. The Morgan fingerprint density at radius 3 is 2.80 bits per heavy atom. The van der Waals surface area contributed by atoms with E-state index < -0.39 is 0 Å². The third kappa shape index (κ3) is 4.06. The van der Waals surface area contributed by atoms with Gasteiger partial charge in [0.2, 0.25) is 0 Å². The fraction of sp³-hybridized carbons (Fsp3) is 0.667. The minimum absolute atomic E-state index is 0.504. The number of nitrogens with zero attached hydrogens (tertiary/aromatic N) is 1. The van der Waals surface area contributed by atoms with E-state index in [0.29, 0.717) is 6.04 Å². The second kappa shape index (κ2) is 5.93. The van der Waals surface area contributed by atoms with Gasteiger partial charge in [-0.05, 0) is 33.5 Å². The molecule has 0 fully saturated rings. The first-order valence-electron chi connectivity index (χ1n) is 5.58. The van der Waals surface area contributed by atoms with Crippen LogP contribution in [0.2, 0.25) is 0 Å². The molecule has 1 rings (SSSR count). The molecule has 86 valence electrons. The summed E-state index contributed by atoms with van der Waals surface area (Å²) in [4.78, 5) is 2.31. The summed E-state index contributed by atoms with van der Waals surface area (Å²) in [6, 6.07) is 2.53. The van der Waals surface area contributed by atoms with Crippen LogP contribution in [0.25, 0.3) is 0 Å². The van der Waals surface area contributed by atoms with E-state index in [0.717, 1.165) is 25.4 Å². The van der Waals surface area contributed by atoms with E-state index in [2.05, 4.69) is 31.1 Å². The zero-order chi connectivity index (χ0) is 11.3. The second-order valence-electron chi connectivity index (χ2n) is 4.14. The van der Waals surface area contributed by atoms with Crippen molar-refractivity contribution in [3.05, 3.63) is 23.7 Å². The topological polar surface area (TPSA) is 28.4 Å². The molecule has 0 spiro atoms. The van der Waals surface area contributed by atoms with Gasteiger partial charge in [-0.2, -0.15) is 0 Å². The maximum absolute atomic E-state index is 5.25. The Morgan fingerprint density at radius 2 is 2.27 bits per heavy atom. The van der Waals surface area contributed by atoms with Gasteiger partial charge >= 0.3 is 0 Å². The highest BCUT2D eigenvalue weighted by atomic mass is 16.3. The highest BCUT2D eigenvalue weighted by Crippen LogP contribution is 2.08. The first kappa shape index (κ1) is 12.3. The van der Waals surface area contributed by atoms with Crippen molar-refractivity contribution in [1.82, 2.24) is 10.2 Å². The van der Waals surface area contributed by atoms with E-state index in [-0.39, 0.29) is 0 Å². The van der Waals surface area contributed by atoms with Gasteiger partial charge in [-0.3, -0.25) is 0 Å². The number of likely N-dealkylation sites (N-methyl/N-ethyl adjacent to an activating group) is 1. The maximum Gasteiger partial charge on any atom is 0.105 e. The summed E-state index contributed by atoms with van der Waals surface area (Å²) in [6.45, 7) is 9.44. The normalized spacial score (nSPS) is 13.4. The Kier molecular flexibility index (Phi) is 4.85. The number of furan rings is 1. The molecule has 0 aliphatic rings. The van der Waals surface area contributed by atoms with E-state index in [1.54, 1.807) is 6.26 Å². The van der Waals surface area contributed by atoms with Crippen molar-refractivity contribution < 1.29 is 4.42 Å². The molecule has 3 nitrogen and oxygen atoms in total. The van der Waals surface area contributed by atoms with Gasteiger partial charge in [0.05, 0.1) is 6.26 Å². The highest BCUT2D eigenvalue weighted by Gasteiger charge is 2.06. The van der Waals surface area contributed by atoms with Crippen molar-refractivity contribution >= 4 is 0 Å². The lowest BCUT2D eigenvalue weighted by Gasteiger charge is -2.20. The molecule has 0 bridgehead atoms. The van der Waals surface area contributed by atoms with Crippen LogP contribution in [0.5, 0.6) is 0 Å². The summed E-state index contributed by atoms with van der Waals surface area (Å²) in [7, 11) is 2.14. The van der Waals surface area contributed by atoms with Gasteiger partial charge in [0, 0.05) is 24.7 Å². The Hall–Kier alpha value is -0.800. The van der Waals surface area contributed by atoms with Gasteiger partial charge in [-0.1, -0.05) is 6.92 Å². The molecule has 3 heteroatoms. The first-order valence-corrected chi connectivity index (χ1v) is 5.58. The predicted octanol–water partition coefficient (Wildman–Crippen LogP) is 2.02. The number of hydrogen-bond acceptors (Lipinski definition) is 3. The van der Waals surface area contributed by atoms with Crippen molar-refractivity contribution in [2.75, 3.05) is 20.1 Å². The fourth-order valence-electron chi connectivity index (χ4n) is 1.54. The first-order chi connectivity index (χ1) is 7.13. The summed E-state index contributed by atoms with van der Waals surface area (Å²) >= 11 is 0. The van der Waals surface area contributed by atoms with Gasteiger partial charge in [0.25, 0.3) is 0 Å². The molecule has 1 heterocycles. The van der Waals surface area contributed by atoms with E-state index in [9.17, 15) is 0 Å². The van der Waals surface area contributed by atoms with Crippen LogP contribution >= 0.6 is 0 Å². The van der Waals surface area contributed by atoms with Crippen LogP contribution in [0, 0.1) is 6.92 Å². The van der Waals surface area contributed by atoms with Crippen LogP contribution in [0.1, 0.15) is 25.2 Å². The Bertz CT molecular complexity index is 283. The molecule has 0 amide bonds. The Balaban J connectivity index is 2.28. The number of nitrogens with one attached hydrogen (secondary N) is 1. The highest BCUT2D eigenvalue weighted by molar-refractivity contribution is 5.14. The van der Waals surface area contributed by atoms with Crippen LogP contribution in [0.4, 0.5) is 0 Å². The molecule has 0 aromatic carbocycles. The molecule has 1 unspecified atom stereocenters. The number of rotatable bonds is 6. The van der Waals surface area contributed by atoms with Crippen molar-refractivity contribution in [3.8, 4) is 0 Å². The molecular weight excluding hydrogens is 188 g/mol. The van der Waals surface area contributed by atoms with Crippen LogP contribution in [0.15, 0.2) is 16.7 Å². The summed E-state index contributed by atoms with van der Waals surface area (Å²) in [5.74, 6) is 1.01. The summed E-state index contributed by atoms with van der Waals surface area (Å²) in [5.41, 5.74) is 1.25. The van der Waals surface area contributed by atoms with E-state index in [4.69, 9.17) is 4.42 Å². The zero-order valence-corrected chi connectivity index (χ0v) is 10.2. The van der Waals surface area contributed by atoms with Crippen molar-refractivity contribution in [2.24, 2.45) is 0 Å². The molecule has 0 saturated heterocycles. The summed E-state index contributed by atoms with van der Waals surface area (Å²) < 4.78 is 5.25. The number of aryl methyl sites for hydroxylation is 1. The van der Waals surface area contributed by atoms with Crippen LogP contribution in [-0.4, -0.2) is 31.1 Å². The molecule has 1 atom stereocenters. The lowest BCUT2D eigenvalue weighted by molar-refractivity contribution is 0.309. The van der Waals surface area contributed by atoms with E-state index in [1.807, 2.05) is 13.0 Å². The van der Waals surface area contributed by atoms with E-state index >= 15 is 0 Å². The Morgan fingerprint density at radius 1 is 1.53 bits per heavy atom. The largest absolute Gasteiger partial charge is 0.469 e. The zero-order valence-electron chi connectivity index (χ0n) is 10.2. The van der Waals surface area contributed by atoms with Crippen molar-refractivity contribution in [2.45, 2.75) is 33.4 Å². The molecule has 0 aliphatic carbocycles. The average molecular weight is 210 g/mol. The minimum atomic E-state index is 0.504. The van der Waals surface area contributed by atoms with Crippen LogP contribution < -0.4 is 5.32 Å². The second-order valence-corrected chi connectivity index (χ2v) is 4.14. The summed E-state index contributed by atoms with van der Waals surface area (Å²) in [5, 5.41) is 3.49. The van der Waals surface area contributed by atoms with Gasteiger partial charge in [-0.25, -0.2) is 0 Å². The maximum atomic E-state index is 5.25. The SMILES string of the molecule is CCN(C)CC(C)NCc1ccoc1C. The van der Waals surface area contributed by atoms with Crippen molar-refractivity contribution in [1.29, 1.82) is 0 Å². The van der Waals surface area contributed by atoms with Crippen LogP contribution in [-0.2, 0) is 6.54 Å². The van der Waals surface area contributed by atoms with Gasteiger partial charge < -0.3 is 14.6 Å². The van der Waals surface area contributed by atoms with Crippen LogP contribution in [0.3, 0.4) is 0 Å². The quantitative estimate of drug-likeness (QED) is 0.778. The van der Waals surface area contributed by atoms with Gasteiger partial charge in [0.1, 0.15) is 5.76 Å². The third-order valence-electron chi connectivity index (χ3n) is 2.73. The van der Waals surface area contributed by atoms with Crippen molar-refractivity contribution in [3.63, 3.8) is 0 Å². The summed E-state index contributed by atoms with van der Waals surface area (Å²) in [6.07, 6.45) is 1.75. The third-order valence-corrected chi connectivity index (χ3v) is 2.73. The smallest absolute Gasteiger partial charge is 0.105 e. The Labute approximate surface area is 92.5 Å². The minimum Gasteiger partial charge on any atom is -0.469 e. The predicted molar refractivity (Wildman–Crippen MR) is 62.9 cm³/mol. The molecule has 0 radical (unpaired) electrons. The molecular formula is C12H22N2O. The molecule has 0 aliphatic heterocycles. The average Bonchev–Trinajstić information content (AvgIpc) is 2.61. The van der Waals surface area contributed by atoms with Gasteiger partial charge in [-0.15, -0.1) is 0 Å². The molecule has 15 heavy (non-hydrogen) atoms. The standard InChI is InChI=1S/C12H22N2O/c1-5-14(4)9-10(2)13-8-12-6-7-15-11(12)3/h6-7,10,13H,5,8-9H2,1-4H3.